The average molecular weight is 392 g/mol. The predicted molar refractivity (Wildman–Crippen MR) is 102 cm³/mol. The van der Waals surface area contributed by atoms with E-state index in [4.69, 9.17) is 25.8 Å². The van der Waals surface area contributed by atoms with Gasteiger partial charge in [0.15, 0.2) is 11.5 Å². The van der Waals surface area contributed by atoms with Crippen LogP contribution in [0, 0.1) is 0 Å². The van der Waals surface area contributed by atoms with Crippen LogP contribution in [-0.4, -0.2) is 38.3 Å². The predicted octanol–water partition coefficient (Wildman–Crippen LogP) is 3.72. The number of carbonyl (C=O) groups is 2. The number of methoxy groups -OCH3 is 3. The zero-order chi connectivity index (χ0) is 20.0. The lowest BCUT2D eigenvalue weighted by Crippen LogP contribution is -2.12. The van der Waals surface area contributed by atoms with Crippen molar-refractivity contribution in [1.82, 2.24) is 0 Å². The van der Waals surface area contributed by atoms with Gasteiger partial charge in [0.05, 0.1) is 32.6 Å². The van der Waals surface area contributed by atoms with Crippen molar-refractivity contribution in [2.24, 2.45) is 0 Å². The summed E-state index contributed by atoms with van der Waals surface area (Å²) in [4.78, 5) is 23.7. The van der Waals surface area contributed by atoms with E-state index in [0.717, 1.165) is 0 Å². The second-order valence-corrected chi connectivity index (χ2v) is 5.70. The lowest BCUT2D eigenvalue weighted by Gasteiger charge is -2.13. The lowest BCUT2D eigenvalue weighted by atomic mass is 10.1. The van der Waals surface area contributed by atoms with Gasteiger partial charge in [-0.3, -0.25) is 4.79 Å². The minimum atomic E-state index is -1.22. The third-order valence-corrected chi connectivity index (χ3v) is 3.85. The number of nitrogens with one attached hydrogen (secondary N) is 1. The van der Waals surface area contributed by atoms with E-state index in [-0.39, 0.29) is 17.0 Å². The third kappa shape index (κ3) is 4.92. The van der Waals surface area contributed by atoms with Gasteiger partial charge in [-0.25, -0.2) is 4.79 Å². The smallest absolute Gasteiger partial charge is 0.337 e. The fourth-order valence-corrected chi connectivity index (χ4v) is 2.52. The molecule has 8 heteroatoms. The molecule has 7 nitrogen and oxygen atoms in total. The lowest BCUT2D eigenvalue weighted by molar-refractivity contribution is -0.111. The van der Waals surface area contributed by atoms with Gasteiger partial charge in [0.1, 0.15) is 5.75 Å². The highest BCUT2D eigenvalue weighted by Gasteiger charge is 2.17. The Balaban J connectivity index is 2.30. The molecule has 0 fully saturated rings. The van der Waals surface area contributed by atoms with Gasteiger partial charge >= 0.3 is 5.97 Å². The Hall–Kier alpha value is -3.19. The summed E-state index contributed by atoms with van der Waals surface area (Å²) >= 11 is 5.96. The molecule has 2 rings (SSSR count). The molecule has 2 aromatic carbocycles. The molecule has 2 aromatic rings. The van der Waals surface area contributed by atoms with Gasteiger partial charge in [0.2, 0.25) is 5.91 Å². The largest absolute Gasteiger partial charge is 0.496 e. The Morgan fingerprint density at radius 1 is 1.00 bits per heavy atom. The van der Waals surface area contributed by atoms with E-state index >= 15 is 0 Å². The third-order valence-electron chi connectivity index (χ3n) is 3.62. The molecule has 2 N–H and O–H groups in total. The van der Waals surface area contributed by atoms with Crippen LogP contribution in [0.15, 0.2) is 36.4 Å². The quantitative estimate of drug-likeness (QED) is 0.698. The minimum Gasteiger partial charge on any atom is -0.496 e. The molecule has 27 heavy (non-hydrogen) atoms. The van der Waals surface area contributed by atoms with Crippen molar-refractivity contribution in [3.05, 3.63) is 52.6 Å². The topological polar surface area (TPSA) is 94.1 Å². The van der Waals surface area contributed by atoms with E-state index in [1.54, 1.807) is 18.2 Å². The number of hydrogen-bond donors (Lipinski definition) is 2. The van der Waals surface area contributed by atoms with Crippen LogP contribution >= 0.6 is 11.6 Å². The summed E-state index contributed by atoms with van der Waals surface area (Å²) in [5.41, 5.74) is 0.550. The number of hydrogen-bond acceptors (Lipinski definition) is 5. The fraction of sp³-hybridized carbons (Fsp3) is 0.158. The highest BCUT2D eigenvalue weighted by atomic mass is 35.5. The number of anilines is 1. The summed E-state index contributed by atoms with van der Waals surface area (Å²) in [6.45, 7) is 0. The second-order valence-electron chi connectivity index (χ2n) is 5.27. The van der Waals surface area contributed by atoms with Crippen LogP contribution in [0.5, 0.6) is 17.2 Å². The first-order valence-electron chi connectivity index (χ1n) is 7.71. The highest BCUT2D eigenvalue weighted by molar-refractivity contribution is 6.30. The maximum atomic E-state index is 12.3. The first kappa shape index (κ1) is 20.1. The number of carboxylic acids is 1. The van der Waals surface area contributed by atoms with Gasteiger partial charge < -0.3 is 24.6 Å². The van der Waals surface area contributed by atoms with Gasteiger partial charge in [0, 0.05) is 28.8 Å². The van der Waals surface area contributed by atoms with Crippen molar-refractivity contribution in [3.63, 3.8) is 0 Å². The van der Waals surface area contributed by atoms with Crippen molar-refractivity contribution in [3.8, 4) is 17.2 Å². The van der Waals surface area contributed by atoms with Gasteiger partial charge in [-0.15, -0.1) is 0 Å². The van der Waals surface area contributed by atoms with Crippen LogP contribution in [0.1, 0.15) is 15.9 Å². The average Bonchev–Trinajstić information content (AvgIpc) is 2.65. The first-order valence-corrected chi connectivity index (χ1v) is 8.09. The number of carboxylic acid groups (broad SMARTS) is 1. The van der Waals surface area contributed by atoms with Crippen LogP contribution < -0.4 is 19.5 Å². The summed E-state index contributed by atoms with van der Waals surface area (Å²) in [5, 5.41) is 12.4. The summed E-state index contributed by atoms with van der Waals surface area (Å²) in [6.07, 6.45) is 2.76. The van der Waals surface area contributed by atoms with E-state index in [1.807, 2.05) is 0 Å². The monoisotopic (exact) mass is 391 g/mol. The number of benzene rings is 2. The van der Waals surface area contributed by atoms with Crippen molar-refractivity contribution in [1.29, 1.82) is 0 Å². The number of amides is 1. The standard InChI is InChI=1S/C19H18ClNO6/c1-25-15-6-5-12(20)8-11(15)4-7-18(22)21-14-10-17(27-3)16(26-2)9-13(14)19(23)24/h4-10H,1-3H3,(H,21,22)(H,23,24). The zero-order valence-electron chi connectivity index (χ0n) is 14.9. The van der Waals surface area contributed by atoms with Crippen molar-refractivity contribution in [2.45, 2.75) is 0 Å². The van der Waals surface area contributed by atoms with E-state index < -0.39 is 11.9 Å². The maximum absolute atomic E-state index is 12.3. The Bertz CT molecular complexity index is 894. The van der Waals surface area contributed by atoms with Crippen LogP contribution in [0.3, 0.4) is 0 Å². The van der Waals surface area contributed by atoms with Crippen LogP contribution in [-0.2, 0) is 4.79 Å². The first-order chi connectivity index (χ1) is 12.9. The Kier molecular flexibility index (Phi) is 6.67. The minimum absolute atomic E-state index is 0.0767. The normalized spacial score (nSPS) is 10.5. The van der Waals surface area contributed by atoms with E-state index in [1.165, 1.54) is 45.6 Å². The molecule has 0 unspecified atom stereocenters. The number of aromatic carboxylic acids is 1. The summed E-state index contributed by atoms with van der Waals surface area (Å²) in [7, 11) is 4.31. The molecule has 0 aliphatic carbocycles. The van der Waals surface area contributed by atoms with Crippen molar-refractivity contribution in [2.75, 3.05) is 26.6 Å². The van der Waals surface area contributed by atoms with E-state index in [2.05, 4.69) is 5.32 Å². The molecule has 1 amide bonds. The number of rotatable bonds is 7. The molecule has 0 bridgehead atoms. The highest BCUT2D eigenvalue weighted by Crippen LogP contribution is 2.33. The van der Waals surface area contributed by atoms with Crippen LogP contribution in [0.25, 0.3) is 6.08 Å². The van der Waals surface area contributed by atoms with Gasteiger partial charge in [-0.05, 0) is 24.3 Å². The molecule has 0 aromatic heterocycles. The Morgan fingerprint density at radius 2 is 1.63 bits per heavy atom. The Labute approximate surface area is 161 Å². The summed E-state index contributed by atoms with van der Waals surface area (Å²) in [6, 6.07) is 7.65. The fourth-order valence-electron chi connectivity index (χ4n) is 2.33. The molecule has 0 aliphatic heterocycles. The van der Waals surface area contributed by atoms with E-state index in [0.29, 0.717) is 22.1 Å². The molecule has 0 aliphatic rings. The molecule has 142 valence electrons. The second kappa shape index (κ2) is 8.95. The summed E-state index contributed by atoms with van der Waals surface area (Å²) < 4.78 is 15.4. The van der Waals surface area contributed by atoms with Gasteiger partial charge in [-0.2, -0.15) is 0 Å². The van der Waals surface area contributed by atoms with Crippen molar-refractivity contribution < 1.29 is 28.9 Å². The van der Waals surface area contributed by atoms with Crippen LogP contribution in [0.2, 0.25) is 5.02 Å². The molecular weight excluding hydrogens is 374 g/mol. The number of ether oxygens (including phenoxy) is 3. The molecule has 0 radical (unpaired) electrons. The van der Waals surface area contributed by atoms with Gasteiger partial charge in [0.25, 0.3) is 0 Å². The Morgan fingerprint density at radius 3 is 2.22 bits per heavy atom. The van der Waals surface area contributed by atoms with Crippen molar-refractivity contribution >= 4 is 35.2 Å². The SMILES string of the molecule is COc1ccc(Cl)cc1C=CC(=O)Nc1cc(OC)c(OC)cc1C(=O)O. The zero-order valence-corrected chi connectivity index (χ0v) is 15.7. The number of halogens is 1. The molecule has 0 atom stereocenters. The molecular formula is C19H18ClNO6. The molecule has 0 saturated carbocycles. The van der Waals surface area contributed by atoms with E-state index in [9.17, 15) is 14.7 Å². The number of carbonyl (C=O) groups excluding carboxylic acids is 1. The maximum Gasteiger partial charge on any atom is 0.337 e. The molecule has 0 heterocycles. The van der Waals surface area contributed by atoms with Gasteiger partial charge in [-0.1, -0.05) is 11.6 Å². The summed E-state index contributed by atoms with van der Waals surface area (Å²) in [5.74, 6) is -0.676. The molecule has 0 saturated heterocycles. The van der Waals surface area contributed by atoms with Crippen LogP contribution in [0.4, 0.5) is 5.69 Å². The molecule has 0 spiro atoms.